The lowest BCUT2D eigenvalue weighted by molar-refractivity contribution is -0.136. The lowest BCUT2D eigenvalue weighted by Gasteiger charge is -2.24. The van der Waals surface area contributed by atoms with Crippen LogP contribution in [0.15, 0.2) is 61.9 Å². The molecule has 0 saturated carbocycles. The second-order valence-electron chi connectivity index (χ2n) is 6.79. The van der Waals surface area contributed by atoms with E-state index in [0.29, 0.717) is 32.1 Å². The summed E-state index contributed by atoms with van der Waals surface area (Å²) in [5, 5.41) is 0. The van der Waals surface area contributed by atoms with Crippen LogP contribution in [0.4, 0.5) is 0 Å². The summed E-state index contributed by atoms with van der Waals surface area (Å²) in [5.74, 6) is 1.50. The number of ether oxygens (including phenoxy) is 2. The average molecular weight is 424 g/mol. The Bertz CT molecular complexity index is 1330. The standard InChI is InChI=1S/C22H20N2O5S/c1-12-5-8-16(29-12)11-17-20(25)24-19(14-6-9-15(27-3)10-7-14)18(21(26)28-4)13(2)23-22(24)30-17/h5-11,19H,1-4H3/b17-11+/t19-/m1/s1. The molecule has 0 aliphatic carbocycles. The van der Waals surface area contributed by atoms with Crippen LogP contribution in [-0.2, 0) is 9.53 Å². The van der Waals surface area contributed by atoms with Crippen molar-refractivity contribution < 1.29 is 18.7 Å². The van der Waals surface area contributed by atoms with Crippen LogP contribution in [0.2, 0.25) is 0 Å². The molecular formula is C22H20N2O5S. The van der Waals surface area contributed by atoms with Gasteiger partial charge in [-0.3, -0.25) is 9.36 Å². The highest BCUT2D eigenvalue weighted by atomic mass is 32.1. The molecule has 0 spiro atoms. The summed E-state index contributed by atoms with van der Waals surface area (Å²) in [6.45, 7) is 3.59. The molecule has 0 bridgehead atoms. The first-order valence-electron chi connectivity index (χ1n) is 9.24. The van der Waals surface area contributed by atoms with E-state index in [9.17, 15) is 9.59 Å². The molecule has 0 unspecified atom stereocenters. The number of rotatable bonds is 4. The number of aromatic nitrogens is 1. The van der Waals surface area contributed by atoms with Crippen molar-refractivity contribution in [3.8, 4) is 5.75 Å². The Morgan fingerprint density at radius 3 is 2.50 bits per heavy atom. The van der Waals surface area contributed by atoms with E-state index in [1.165, 1.54) is 23.0 Å². The van der Waals surface area contributed by atoms with Crippen molar-refractivity contribution in [2.45, 2.75) is 19.9 Å². The largest absolute Gasteiger partial charge is 0.497 e. The maximum absolute atomic E-state index is 13.3. The molecule has 4 rings (SSSR count). The van der Waals surface area contributed by atoms with E-state index in [1.54, 1.807) is 38.3 Å². The highest BCUT2D eigenvalue weighted by molar-refractivity contribution is 7.07. The Morgan fingerprint density at radius 2 is 1.90 bits per heavy atom. The van der Waals surface area contributed by atoms with Gasteiger partial charge in [0.2, 0.25) is 0 Å². The monoisotopic (exact) mass is 424 g/mol. The van der Waals surface area contributed by atoms with Gasteiger partial charge in [-0.25, -0.2) is 9.79 Å². The van der Waals surface area contributed by atoms with Gasteiger partial charge >= 0.3 is 5.97 Å². The van der Waals surface area contributed by atoms with Gasteiger partial charge in [0.1, 0.15) is 17.3 Å². The molecule has 0 amide bonds. The molecule has 1 aromatic carbocycles. The molecule has 0 fully saturated rings. The third-order valence-corrected chi connectivity index (χ3v) is 5.88. The number of hydrogen-bond donors (Lipinski definition) is 0. The number of methoxy groups -OCH3 is 2. The molecule has 7 nitrogen and oxygen atoms in total. The van der Waals surface area contributed by atoms with Gasteiger partial charge < -0.3 is 13.9 Å². The number of nitrogens with zero attached hydrogens (tertiary/aromatic N) is 2. The predicted octanol–water partition coefficient (Wildman–Crippen LogP) is 2.32. The first-order valence-corrected chi connectivity index (χ1v) is 10.1. The molecule has 2 aromatic heterocycles. The number of benzene rings is 1. The van der Waals surface area contributed by atoms with Gasteiger partial charge in [0, 0.05) is 6.08 Å². The number of fused-ring (bicyclic) bond motifs is 1. The average Bonchev–Trinajstić information content (AvgIpc) is 3.29. The third kappa shape index (κ3) is 3.39. The number of aryl methyl sites for hydroxylation is 1. The van der Waals surface area contributed by atoms with Crippen LogP contribution in [0.25, 0.3) is 6.08 Å². The van der Waals surface area contributed by atoms with E-state index in [2.05, 4.69) is 4.99 Å². The zero-order chi connectivity index (χ0) is 21.4. The van der Waals surface area contributed by atoms with E-state index >= 15 is 0 Å². The summed E-state index contributed by atoms with van der Waals surface area (Å²) in [5.41, 5.74) is 1.36. The van der Waals surface area contributed by atoms with Crippen LogP contribution in [0.5, 0.6) is 5.75 Å². The number of carbonyl (C=O) groups excluding carboxylic acids is 1. The molecule has 1 atom stereocenters. The molecule has 1 aliphatic heterocycles. The highest BCUT2D eigenvalue weighted by Crippen LogP contribution is 2.31. The quantitative estimate of drug-likeness (QED) is 0.601. The van der Waals surface area contributed by atoms with E-state index in [1.807, 2.05) is 25.1 Å². The second kappa shape index (κ2) is 7.79. The normalized spacial score (nSPS) is 16.3. The Labute approximate surface area is 176 Å². The first kappa shape index (κ1) is 19.9. The van der Waals surface area contributed by atoms with Crippen LogP contribution in [0, 0.1) is 6.92 Å². The zero-order valence-corrected chi connectivity index (χ0v) is 17.8. The Hall–Kier alpha value is -3.39. The molecule has 1 aliphatic rings. The van der Waals surface area contributed by atoms with Gasteiger partial charge in [-0.1, -0.05) is 23.5 Å². The highest BCUT2D eigenvalue weighted by Gasteiger charge is 2.33. The lowest BCUT2D eigenvalue weighted by Crippen LogP contribution is -2.39. The number of allylic oxidation sites excluding steroid dienone is 1. The molecule has 8 heteroatoms. The number of esters is 1. The first-order chi connectivity index (χ1) is 14.4. The molecule has 0 radical (unpaired) electrons. The van der Waals surface area contributed by atoms with Crippen molar-refractivity contribution in [1.29, 1.82) is 0 Å². The lowest BCUT2D eigenvalue weighted by atomic mass is 9.96. The summed E-state index contributed by atoms with van der Waals surface area (Å²) in [6.07, 6.45) is 1.69. The van der Waals surface area contributed by atoms with Crippen molar-refractivity contribution in [1.82, 2.24) is 4.57 Å². The van der Waals surface area contributed by atoms with Crippen LogP contribution >= 0.6 is 11.3 Å². The maximum atomic E-state index is 13.3. The van der Waals surface area contributed by atoms with Crippen molar-refractivity contribution in [2.75, 3.05) is 14.2 Å². The van der Waals surface area contributed by atoms with Crippen molar-refractivity contribution in [3.63, 3.8) is 0 Å². The van der Waals surface area contributed by atoms with Crippen molar-refractivity contribution >= 4 is 23.4 Å². The summed E-state index contributed by atoms with van der Waals surface area (Å²) in [7, 11) is 2.90. The van der Waals surface area contributed by atoms with Gasteiger partial charge in [-0.15, -0.1) is 0 Å². The Balaban J connectivity index is 1.96. The smallest absolute Gasteiger partial charge is 0.338 e. The minimum atomic E-state index is -0.653. The van der Waals surface area contributed by atoms with Crippen LogP contribution in [-0.4, -0.2) is 24.8 Å². The Kier molecular flexibility index (Phi) is 5.17. The fraction of sp³-hybridized carbons (Fsp3) is 0.227. The molecule has 0 N–H and O–H groups in total. The molecule has 3 heterocycles. The van der Waals surface area contributed by atoms with E-state index in [0.717, 1.165) is 11.3 Å². The number of furan rings is 1. The van der Waals surface area contributed by atoms with E-state index in [4.69, 9.17) is 13.9 Å². The van der Waals surface area contributed by atoms with Gasteiger partial charge in [0.15, 0.2) is 4.80 Å². The number of hydrogen-bond acceptors (Lipinski definition) is 7. The van der Waals surface area contributed by atoms with Gasteiger partial charge in [0.25, 0.3) is 5.56 Å². The third-order valence-electron chi connectivity index (χ3n) is 4.89. The summed E-state index contributed by atoms with van der Waals surface area (Å²) < 4.78 is 17.8. The molecular weight excluding hydrogens is 404 g/mol. The van der Waals surface area contributed by atoms with Gasteiger partial charge in [-0.05, 0) is 43.7 Å². The maximum Gasteiger partial charge on any atom is 0.338 e. The van der Waals surface area contributed by atoms with Crippen molar-refractivity contribution in [2.24, 2.45) is 4.99 Å². The van der Waals surface area contributed by atoms with E-state index < -0.39 is 12.0 Å². The van der Waals surface area contributed by atoms with Gasteiger partial charge in [-0.2, -0.15) is 0 Å². The minimum Gasteiger partial charge on any atom is -0.497 e. The topological polar surface area (TPSA) is 83.0 Å². The summed E-state index contributed by atoms with van der Waals surface area (Å²) >= 11 is 1.25. The fourth-order valence-corrected chi connectivity index (χ4v) is 4.48. The molecule has 30 heavy (non-hydrogen) atoms. The zero-order valence-electron chi connectivity index (χ0n) is 17.0. The fourth-order valence-electron chi connectivity index (χ4n) is 3.45. The van der Waals surface area contributed by atoms with Crippen LogP contribution in [0.3, 0.4) is 0 Å². The second-order valence-corrected chi connectivity index (χ2v) is 7.80. The van der Waals surface area contributed by atoms with Crippen LogP contribution in [0.1, 0.15) is 30.0 Å². The van der Waals surface area contributed by atoms with Gasteiger partial charge in [0.05, 0.1) is 36.1 Å². The SMILES string of the molecule is COC(=O)C1=C(C)N=c2s/c(=C/c3ccc(C)o3)c(=O)n2[C@@H]1c1ccc(OC)cc1. The molecule has 154 valence electrons. The predicted molar refractivity (Wildman–Crippen MR) is 112 cm³/mol. The molecule has 3 aromatic rings. The van der Waals surface area contributed by atoms with E-state index in [-0.39, 0.29) is 5.56 Å². The summed E-state index contributed by atoms with van der Waals surface area (Å²) in [4.78, 5) is 31.0. The molecule has 0 saturated heterocycles. The van der Waals surface area contributed by atoms with Crippen LogP contribution < -0.4 is 19.6 Å². The minimum absolute atomic E-state index is 0.248. The Morgan fingerprint density at radius 1 is 1.17 bits per heavy atom. The van der Waals surface area contributed by atoms with Crippen molar-refractivity contribution in [3.05, 3.63) is 84.4 Å². The summed E-state index contributed by atoms with van der Waals surface area (Å²) in [6, 6.07) is 10.2. The number of thiazole rings is 1. The number of carbonyl (C=O) groups is 1.